The fourth-order valence-electron chi connectivity index (χ4n) is 3.95. The highest BCUT2D eigenvalue weighted by Gasteiger charge is 2.16. The summed E-state index contributed by atoms with van der Waals surface area (Å²) in [6.07, 6.45) is 3.39. The lowest BCUT2D eigenvalue weighted by Gasteiger charge is -2.09. The van der Waals surface area contributed by atoms with Crippen molar-refractivity contribution in [1.82, 2.24) is 14.7 Å². The molecule has 36 heavy (non-hydrogen) atoms. The number of aryl methyl sites for hydroxylation is 1. The fraction of sp³-hybridized carbons (Fsp3) is 0.111. The average molecular weight is 484 g/mol. The van der Waals surface area contributed by atoms with Crippen molar-refractivity contribution in [2.24, 2.45) is 0 Å². The number of nitro benzene ring substituents is 1. The molecular formula is C27H21FN4O4. The predicted octanol–water partition coefficient (Wildman–Crippen LogP) is 6.27. The van der Waals surface area contributed by atoms with Gasteiger partial charge in [-0.05, 0) is 36.8 Å². The molecular weight excluding hydrogens is 463 g/mol. The van der Waals surface area contributed by atoms with Crippen LogP contribution in [0.1, 0.15) is 17.0 Å². The van der Waals surface area contributed by atoms with Crippen molar-refractivity contribution in [3.63, 3.8) is 0 Å². The summed E-state index contributed by atoms with van der Waals surface area (Å²) in [5.41, 5.74) is 5.42. The maximum atomic E-state index is 14.0. The van der Waals surface area contributed by atoms with E-state index in [0.29, 0.717) is 22.8 Å². The number of imidazole rings is 1. The van der Waals surface area contributed by atoms with Crippen LogP contribution in [-0.2, 0) is 18.0 Å². The minimum Gasteiger partial charge on any atom is -0.369 e. The van der Waals surface area contributed by atoms with Crippen molar-refractivity contribution in [3.8, 4) is 28.2 Å². The minimum atomic E-state index is -0.443. The molecule has 0 saturated carbocycles. The largest absolute Gasteiger partial charge is 0.369 e. The Kier molecular flexibility index (Phi) is 6.38. The zero-order valence-corrected chi connectivity index (χ0v) is 19.3. The highest BCUT2D eigenvalue weighted by Crippen LogP contribution is 2.29. The lowest BCUT2D eigenvalue weighted by molar-refractivity contribution is -0.384. The Labute approximate surface area is 205 Å². The molecule has 0 unspecified atom stereocenters. The van der Waals surface area contributed by atoms with Gasteiger partial charge in [0.05, 0.1) is 17.2 Å². The third-order valence-electron chi connectivity index (χ3n) is 5.80. The summed E-state index contributed by atoms with van der Waals surface area (Å²) in [4.78, 5) is 15.4. The van der Waals surface area contributed by atoms with Crippen LogP contribution in [0.4, 0.5) is 10.1 Å². The van der Waals surface area contributed by atoms with Crippen LogP contribution in [0.3, 0.4) is 0 Å². The topological polar surface area (TPSA) is 96.2 Å². The van der Waals surface area contributed by atoms with Crippen molar-refractivity contribution in [2.75, 3.05) is 0 Å². The molecule has 0 saturated heterocycles. The van der Waals surface area contributed by atoms with E-state index in [1.54, 1.807) is 36.4 Å². The average Bonchev–Trinajstić information content (AvgIpc) is 3.56. The van der Waals surface area contributed by atoms with Gasteiger partial charge in [0.15, 0.2) is 0 Å². The van der Waals surface area contributed by atoms with Crippen molar-refractivity contribution < 1.29 is 18.6 Å². The fourth-order valence-corrected chi connectivity index (χ4v) is 3.95. The van der Waals surface area contributed by atoms with E-state index >= 15 is 0 Å². The molecule has 0 aliphatic heterocycles. The maximum Gasteiger partial charge on any atom is 0.269 e. The number of benzene rings is 3. The summed E-state index contributed by atoms with van der Waals surface area (Å²) >= 11 is 0. The number of ether oxygens (including phenoxy) is 1. The molecule has 180 valence electrons. The molecule has 0 bridgehead atoms. The normalized spacial score (nSPS) is 11.1. The Morgan fingerprint density at radius 3 is 2.53 bits per heavy atom. The number of rotatable bonds is 8. The van der Waals surface area contributed by atoms with Gasteiger partial charge in [-0.2, -0.15) is 0 Å². The smallest absolute Gasteiger partial charge is 0.269 e. The van der Waals surface area contributed by atoms with Crippen LogP contribution < -0.4 is 0 Å². The van der Waals surface area contributed by atoms with Crippen LogP contribution in [0.15, 0.2) is 89.8 Å². The van der Waals surface area contributed by atoms with Gasteiger partial charge in [-0.25, -0.2) is 9.37 Å². The molecule has 0 radical (unpaired) electrons. The Bertz CT molecular complexity index is 1510. The SMILES string of the molecule is Cc1cc(-c2ccon2)ccc1-c1cn(-c2ccc([N+](=O)[O-])cc2)c(COCc2ccccc2F)n1. The molecule has 5 aromatic rings. The first-order chi connectivity index (χ1) is 17.5. The molecule has 0 N–H and O–H groups in total. The Morgan fingerprint density at radius 1 is 1.03 bits per heavy atom. The molecule has 9 heteroatoms. The van der Waals surface area contributed by atoms with E-state index < -0.39 is 4.92 Å². The quantitative estimate of drug-likeness (QED) is 0.190. The zero-order chi connectivity index (χ0) is 25.1. The molecule has 0 atom stereocenters. The van der Waals surface area contributed by atoms with Gasteiger partial charge in [0.1, 0.15) is 30.2 Å². The van der Waals surface area contributed by atoms with Crippen LogP contribution in [0.25, 0.3) is 28.2 Å². The monoisotopic (exact) mass is 484 g/mol. The number of aromatic nitrogens is 3. The van der Waals surface area contributed by atoms with Gasteiger partial charge in [0, 0.05) is 46.8 Å². The zero-order valence-electron chi connectivity index (χ0n) is 19.3. The molecule has 0 fully saturated rings. The summed E-state index contributed by atoms with van der Waals surface area (Å²) in [6, 6.07) is 20.3. The molecule has 2 aromatic heterocycles. The van der Waals surface area contributed by atoms with E-state index in [-0.39, 0.29) is 24.7 Å². The molecule has 0 aliphatic carbocycles. The summed E-state index contributed by atoms with van der Waals surface area (Å²) in [5.74, 6) is 0.245. The van der Waals surface area contributed by atoms with Crippen LogP contribution >= 0.6 is 0 Å². The lowest BCUT2D eigenvalue weighted by Crippen LogP contribution is -2.04. The highest BCUT2D eigenvalue weighted by atomic mass is 19.1. The summed E-state index contributed by atoms with van der Waals surface area (Å²) in [5, 5.41) is 15.1. The Balaban J connectivity index is 1.47. The molecule has 0 amide bonds. The first kappa shape index (κ1) is 23.1. The second-order valence-corrected chi connectivity index (χ2v) is 8.18. The van der Waals surface area contributed by atoms with Crippen LogP contribution in [0.2, 0.25) is 0 Å². The number of hydrogen-bond acceptors (Lipinski definition) is 6. The molecule has 0 aliphatic rings. The predicted molar refractivity (Wildman–Crippen MR) is 131 cm³/mol. The number of nitrogens with zero attached hydrogens (tertiary/aromatic N) is 4. The third-order valence-corrected chi connectivity index (χ3v) is 5.80. The number of halogens is 1. The van der Waals surface area contributed by atoms with Gasteiger partial charge in [-0.15, -0.1) is 0 Å². The number of non-ortho nitro benzene ring substituents is 1. The number of hydrogen-bond donors (Lipinski definition) is 0. The van der Waals surface area contributed by atoms with Gasteiger partial charge in [0.2, 0.25) is 0 Å². The van der Waals surface area contributed by atoms with E-state index in [9.17, 15) is 14.5 Å². The van der Waals surface area contributed by atoms with Gasteiger partial charge in [-0.3, -0.25) is 10.1 Å². The third kappa shape index (κ3) is 4.77. The first-order valence-corrected chi connectivity index (χ1v) is 11.2. The van der Waals surface area contributed by atoms with E-state index in [1.807, 2.05) is 35.9 Å². The van der Waals surface area contributed by atoms with E-state index in [1.165, 1.54) is 24.5 Å². The molecule has 5 rings (SSSR count). The van der Waals surface area contributed by atoms with E-state index in [2.05, 4.69) is 5.16 Å². The highest BCUT2D eigenvalue weighted by molar-refractivity contribution is 5.70. The van der Waals surface area contributed by atoms with Crippen molar-refractivity contribution in [2.45, 2.75) is 20.1 Å². The van der Waals surface area contributed by atoms with Crippen molar-refractivity contribution in [3.05, 3.63) is 118 Å². The Hall–Kier alpha value is -4.63. The van der Waals surface area contributed by atoms with Gasteiger partial charge in [0.25, 0.3) is 5.69 Å². The van der Waals surface area contributed by atoms with Gasteiger partial charge < -0.3 is 13.8 Å². The van der Waals surface area contributed by atoms with Crippen molar-refractivity contribution in [1.29, 1.82) is 0 Å². The second-order valence-electron chi connectivity index (χ2n) is 8.18. The molecule has 0 spiro atoms. The maximum absolute atomic E-state index is 14.0. The van der Waals surface area contributed by atoms with E-state index in [4.69, 9.17) is 14.2 Å². The summed E-state index contributed by atoms with van der Waals surface area (Å²) < 4.78 is 26.6. The minimum absolute atomic E-state index is 0.00395. The lowest BCUT2D eigenvalue weighted by atomic mass is 10.0. The standard InChI is InChI=1S/C27H21FN4O4/c1-18-14-19(25-12-13-36-30-25)6-11-23(18)26-15-31(21-7-9-22(10-8-21)32(33)34)27(29-26)17-35-16-20-4-2-3-5-24(20)28/h2-15H,16-17H2,1H3. The number of nitro groups is 1. The molecule has 2 heterocycles. The van der Waals surface area contributed by atoms with E-state index in [0.717, 1.165) is 22.4 Å². The molecule has 3 aromatic carbocycles. The van der Waals surface area contributed by atoms with Crippen LogP contribution in [0.5, 0.6) is 0 Å². The first-order valence-electron chi connectivity index (χ1n) is 11.2. The summed E-state index contributed by atoms with van der Waals surface area (Å²) in [7, 11) is 0. The van der Waals surface area contributed by atoms with Gasteiger partial charge >= 0.3 is 0 Å². The second kappa shape index (κ2) is 9.93. The Morgan fingerprint density at radius 2 is 1.83 bits per heavy atom. The molecule has 8 nitrogen and oxygen atoms in total. The van der Waals surface area contributed by atoms with Crippen LogP contribution in [-0.4, -0.2) is 19.6 Å². The summed E-state index contributed by atoms with van der Waals surface area (Å²) in [6.45, 7) is 2.18. The van der Waals surface area contributed by atoms with Crippen molar-refractivity contribution >= 4 is 5.69 Å². The van der Waals surface area contributed by atoms with Gasteiger partial charge in [-0.1, -0.05) is 35.5 Å². The van der Waals surface area contributed by atoms with Crippen LogP contribution in [0, 0.1) is 22.9 Å².